The van der Waals surface area contributed by atoms with Gasteiger partial charge in [0.2, 0.25) is 11.8 Å². The molecular weight excluding hydrogens is 1730 g/mol. The van der Waals surface area contributed by atoms with Crippen molar-refractivity contribution < 1.29 is 112 Å². The summed E-state index contributed by atoms with van der Waals surface area (Å²) in [5.74, 6) is 1.33. The SMILES string of the molecule is C1CCOC1.CC(=O)c1ccc(C)cc1NC(C(N)=O)c1c(Cl)cccc1Cl.CCOP(=O)(CCCl)OCC.CCOP(=O)(CCO/N=C(/C)c1ccc(C)cc1NC(C(N)=O)c1c(Cl)cccc1Cl)OCC.CCOP(=O)(CCON)OCC.CCOP(=O)(CCON1C(=O)c2ccccc2C1=O)OCC.O=C1c2ccccc2C(=O)N1O. The second-order valence-corrected chi connectivity index (χ2v) is 35.5. The normalized spacial score (nSPS) is 13.5. The summed E-state index contributed by atoms with van der Waals surface area (Å²) in [6.07, 6.45) is 3.07. The fourth-order valence-corrected chi connectivity index (χ4v) is 18.2. The van der Waals surface area contributed by atoms with E-state index in [1.807, 2.05) is 38.1 Å². The van der Waals surface area contributed by atoms with E-state index in [1.54, 1.807) is 147 Å². The van der Waals surface area contributed by atoms with Crippen LogP contribution in [-0.2, 0) is 83.3 Å². The highest BCUT2D eigenvalue weighted by Gasteiger charge is 2.38. The van der Waals surface area contributed by atoms with E-state index in [1.165, 1.54) is 31.9 Å². The molecule has 0 aromatic heterocycles. The van der Waals surface area contributed by atoms with Crippen LogP contribution in [0, 0.1) is 13.8 Å². The molecule has 9 rings (SSSR count). The van der Waals surface area contributed by atoms with Gasteiger partial charge in [-0.25, -0.2) is 5.90 Å². The third-order valence-electron chi connectivity index (χ3n) is 15.9. The van der Waals surface area contributed by atoms with Gasteiger partial charge in [-0.15, -0.1) is 21.7 Å². The Morgan fingerprint density at radius 1 is 0.487 bits per heavy atom. The Kier molecular flexibility index (Phi) is 49.4. The van der Waals surface area contributed by atoms with E-state index in [-0.39, 0.29) is 92.9 Å². The molecule has 0 spiro atoms. The van der Waals surface area contributed by atoms with Crippen LogP contribution < -0.4 is 28.0 Å². The standard InChI is InChI=1S/C23H30Cl2N3O5P.C17H16Cl2N2O2.C14H18NO6P.C8H5NO3.C6H14ClO3P.C6H16NO4P.C4H8O/c1-5-32-34(30,33-6-2)13-12-31-28-16(4)17-11-10-15(3)14-20(17)27-22(23(26)29)21-18(24)8-7-9-19(21)25;1-9-6-7-11(10(2)22)14(8-9)21-16(17(20)23)15-12(18)4-3-5-13(15)19;1-3-20-22(18,21-4-2)10-9-19-15-13(16)11-7-5-6-8-12(11)14(15)17;10-7-5-3-1-2-4-6(5)8(11)9(7)12;1-3-9-11(8,6-5-7)10-4-2;1-3-10-12(8,11-4-2)6-5-9-7;1-2-4-5-3-1/h7-11,14,22,27H,5-6,12-13H2,1-4H3,(H2,26,29);3-8,16,21H,1-2H3,(H2,20,23);5-8H,3-4,9-10H2,1-2H3;1-4,12H;3-6H2,1-2H3;3-7H2,1-2H3;1-4H2/b28-16-;;;;;;. The van der Waals surface area contributed by atoms with Crippen molar-refractivity contribution >= 4 is 147 Å². The Hall–Kier alpha value is -6.87. The number of Topliss-reactive ketones (excluding diaryl/α,β-unsaturated/α-hetero) is 1. The number of aryl methyl sites for hydroxylation is 2. The number of amides is 6. The molecule has 0 aliphatic carbocycles. The molecule has 3 heterocycles. The lowest BCUT2D eigenvalue weighted by Crippen LogP contribution is -2.31. The molecule has 0 bridgehead atoms. The lowest BCUT2D eigenvalue weighted by Gasteiger charge is -2.22. The Balaban J connectivity index is 0.000000381. The summed E-state index contributed by atoms with van der Waals surface area (Å²) in [7, 11) is -12.3. The fraction of sp³-hybridized carbons (Fsp3) is 0.436. The van der Waals surface area contributed by atoms with Crippen molar-refractivity contribution in [3.63, 3.8) is 0 Å². The first-order valence-corrected chi connectivity index (χ1v) is 46.6. The molecule has 3 aliphatic heterocycles. The van der Waals surface area contributed by atoms with E-state index in [9.17, 15) is 51.8 Å². The summed E-state index contributed by atoms with van der Waals surface area (Å²) < 4.78 is 93.4. The van der Waals surface area contributed by atoms with E-state index >= 15 is 0 Å². The molecule has 9 N–H and O–H groups in total. The average molecular weight is 1840 g/mol. The number of oxime groups is 1. The lowest BCUT2D eigenvalue weighted by atomic mass is 10.0. The largest absolute Gasteiger partial charge is 0.395 e. The highest BCUT2D eigenvalue weighted by Crippen LogP contribution is 2.50. The number of nitrogens with one attached hydrogen (secondary N) is 2. The van der Waals surface area contributed by atoms with Crippen molar-refractivity contribution in [3.8, 4) is 0 Å². The van der Waals surface area contributed by atoms with Crippen molar-refractivity contribution in [2.24, 2.45) is 22.5 Å². The predicted octanol–water partition coefficient (Wildman–Crippen LogP) is 17.7. The number of carbonyl (C=O) groups excluding carboxylic acids is 7. The number of ether oxygens (including phenoxy) is 1. The van der Waals surface area contributed by atoms with Gasteiger partial charge < -0.3 is 72.7 Å². The Labute approximate surface area is 719 Å². The molecule has 119 heavy (non-hydrogen) atoms. The number of alkyl halides is 1. The topological polar surface area (TPSA) is 440 Å². The summed E-state index contributed by atoms with van der Waals surface area (Å²) in [4.78, 5) is 97.2. The van der Waals surface area contributed by atoms with Gasteiger partial charge in [0.1, 0.15) is 18.7 Å². The van der Waals surface area contributed by atoms with Crippen molar-refractivity contribution in [3.05, 3.63) is 197 Å². The number of hydroxylamine groups is 4. The van der Waals surface area contributed by atoms with Crippen LogP contribution in [0.2, 0.25) is 20.1 Å². The molecule has 32 nitrogen and oxygen atoms in total. The van der Waals surface area contributed by atoms with Gasteiger partial charge in [0.15, 0.2) is 5.78 Å². The third-order valence-corrected chi connectivity index (χ3v) is 25.9. The van der Waals surface area contributed by atoms with Crippen molar-refractivity contribution in [2.75, 3.05) is 127 Å². The van der Waals surface area contributed by atoms with Gasteiger partial charge in [0.25, 0.3) is 23.6 Å². The highest BCUT2D eigenvalue weighted by atomic mass is 35.5. The van der Waals surface area contributed by atoms with Crippen molar-refractivity contribution in [1.82, 2.24) is 10.1 Å². The van der Waals surface area contributed by atoms with E-state index in [0.717, 1.165) is 24.3 Å². The van der Waals surface area contributed by atoms with Crippen LogP contribution >= 0.6 is 88.4 Å². The van der Waals surface area contributed by atoms with Crippen LogP contribution in [0.3, 0.4) is 0 Å². The monoisotopic (exact) mass is 1840 g/mol. The molecular formula is C78H107Cl5N8O24P4. The second-order valence-electron chi connectivity index (χ2n) is 24.7. The van der Waals surface area contributed by atoms with Gasteiger partial charge in [-0.3, -0.25) is 61.9 Å². The van der Waals surface area contributed by atoms with Gasteiger partial charge in [-0.2, -0.15) is 0 Å². The summed E-state index contributed by atoms with van der Waals surface area (Å²) >= 11 is 30.4. The smallest absolute Gasteiger partial charge is 0.334 e. The van der Waals surface area contributed by atoms with Gasteiger partial charge in [-0.1, -0.05) is 106 Å². The number of ketones is 1. The van der Waals surface area contributed by atoms with E-state index in [4.69, 9.17) is 131 Å². The number of halogens is 5. The van der Waals surface area contributed by atoms with Crippen LogP contribution in [0.4, 0.5) is 11.4 Å². The van der Waals surface area contributed by atoms with Crippen LogP contribution in [0.15, 0.2) is 126 Å². The zero-order chi connectivity index (χ0) is 89.1. The molecule has 2 atom stereocenters. The zero-order valence-corrected chi connectivity index (χ0v) is 75.8. The maximum absolute atomic E-state index is 12.5. The molecule has 0 radical (unpaired) electrons. The maximum atomic E-state index is 12.5. The molecule has 2 unspecified atom stereocenters. The zero-order valence-electron chi connectivity index (χ0n) is 68.4. The number of benzene rings is 6. The minimum Gasteiger partial charge on any atom is -0.395 e. The Morgan fingerprint density at radius 3 is 1.13 bits per heavy atom. The van der Waals surface area contributed by atoms with E-state index < -0.39 is 77.9 Å². The number of anilines is 2. The molecule has 0 saturated carbocycles. The predicted molar refractivity (Wildman–Crippen MR) is 460 cm³/mol. The minimum absolute atomic E-state index is 0.0396. The number of nitrogens with zero attached hydrogens (tertiary/aromatic N) is 3. The van der Waals surface area contributed by atoms with Crippen molar-refractivity contribution in [2.45, 2.75) is 108 Å². The van der Waals surface area contributed by atoms with Gasteiger partial charge in [0.05, 0.1) is 119 Å². The fourth-order valence-electron chi connectivity index (χ4n) is 10.7. The van der Waals surface area contributed by atoms with Crippen LogP contribution in [-0.4, -0.2) is 179 Å². The molecule has 6 aromatic carbocycles. The third kappa shape index (κ3) is 35.1. The number of fused-ring (bicyclic) bond motifs is 2. The quantitative estimate of drug-likeness (QED) is 0.00305. The lowest BCUT2D eigenvalue weighted by molar-refractivity contribution is -0.119. The molecule has 6 aromatic rings. The molecule has 6 amide bonds. The Morgan fingerprint density at radius 2 is 0.815 bits per heavy atom. The van der Waals surface area contributed by atoms with Crippen LogP contribution in [0.1, 0.15) is 174 Å². The van der Waals surface area contributed by atoms with Gasteiger partial charge >= 0.3 is 30.4 Å². The Bertz CT molecular complexity index is 4360. The maximum Gasteiger partial charge on any atom is 0.334 e. The molecule has 658 valence electrons. The summed E-state index contributed by atoms with van der Waals surface area (Å²) in [6, 6.07) is 31.6. The second kappa shape index (κ2) is 55.3. The summed E-state index contributed by atoms with van der Waals surface area (Å²) in [5, 5.41) is 21.3. The van der Waals surface area contributed by atoms with Gasteiger partial charge in [0, 0.05) is 72.8 Å². The minimum atomic E-state index is -3.26. The molecule has 1 saturated heterocycles. The van der Waals surface area contributed by atoms with E-state index in [0.29, 0.717) is 108 Å². The number of nitrogens with two attached hydrogens (primary N) is 3. The van der Waals surface area contributed by atoms with Crippen LogP contribution in [0.5, 0.6) is 0 Å². The first-order valence-electron chi connectivity index (χ1n) is 37.7. The van der Waals surface area contributed by atoms with E-state index in [2.05, 4.69) is 20.6 Å². The highest BCUT2D eigenvalue weighted by molar-refractivity contribution is 7.54. The summed E-state index contributed by atoms with van der Waals surface area (Å²) in [6.45, 7) is 25.6. The van der Waals surface area contributed by atoms with Crippen LogP contribution in [0.25, 0.3) is 0 Å². The summed E-state index contributed by atoms with van der Waals surface area (Å²) in [5.41, 5.74) is 17.7. The molecule has 3 aliphatic rings. The first kappa shape index (κ1) is 106. The van der Waals surface area contributed by atoms with Crippen molar-refractivity contribution in [1.29, 1.82) is 0 Å². The number of primary amides is 2. The number of hydrogen-bond acceptors (Lipinski definition) is 28. The molecule has 1 fully saturated rings. The number of hydrogen-bond donors (Lipinski definition) is 6. The average Bonchev–Trinajstić information content (AvgIpc) is 1.66. The number of imide groups is 2. The first-order chi connectivity index (χ1) is 56.5. The molecule has 41 heteroatoms. The van der Waals surface area contributed by atoms with Gasteiger partial charge in [-0.05, 0) is 174 Å². The number of carbonyl (C=O) groups is 7. The number of rotatable bonds is 39.